The third-order valence-electron chi connectivity index (χ3n) is 4.83. The topological polar surface area (TPSA) is 61.4 Å². The second-order valence-corrected chi connectivity index (χ2v) is 6.98. The van der Waals surface area contributed by atoms with E-state index in [-0.39, 0.29) is 24.2 Å². The molecule has 5 nitrogen and oxygen atoms in total. The Bertz CT molecular complexity index is 848. The van der Waals surface area contributed by atoms with Crippen molar-refractivity contribution in [2.24, 2.45) is 0 Å². The largest absolute Gasteiger partial charge is 0.418 e. The van der Waals surface area contributed by atoms with E-state index in [0.29, 0.717) is 31.5 Å². The molecular weight excluding hydrogens is 383 g/mol. The number of piperidine rings is 1. The van der Waals surface area contributed by atoms with Crippen molar-refractivity contribution in [1.82, 2.24) is 10.2 Å². The lowest BCUT2D eigenvalue weighted by Gasteiger charge is -2.32. The number of nitrogens with one attached hydrogen (secondary N) is 2. The van der Waals surface area contributed by atoms with Crippen LogP contribution in [0.4, 0.5) is 18.9 Å². The van der Waals surface area contributed by atoms with Gasteiger partial charge in [0.15, 0.2) is 0 Å². The summed E-state index contributed by atoms with van der Waals surface area (Å²) in [5, 5.41) is 5.34. The van der Waals surface area contributed by atoms with Crippen LogP contribution in [-0.2, 0) is 11.0 Å². The molecule has 1 aliphatic heterocycles. The van der Waals surface area contributed by atoms with E-state index >= 15 is 0 Å². The van der Waals surface area contributed by atoms with E-state index in [1.54, 1.807) is 24.3 Å². The lowest BCUT2D eigenvalue weighted by atomic mass is 10.0. The summed E-state index contributed by atoms with van der Waals surface area (Å²) in [5.74, 6) is -0.626. The van der Waals surface area contributed by atoms with Crippen LogP contribution in [0.25, 0.3) is 0 Å². The van der Waals surface area contributed by atoms with Crippen molar-refractivity contribution < 1.29 is 22.8 Å². The number of benzene rings is 2. The molecule has 0 saturated carbocycles. The van der Waals surface area contributed by atoms with Crippen LogP contribution in [0.5, 0.6) is 0 Å². The first-order chi connectivity index (χ1) is 13.8. The average Bonchev–Trinajstić information content (AvgIpc) is 2.69. The fourth-order valence-electron chi connectivity index (χ4n) is 3.33. The Balaban J connectivity index is 1.47. The van der Waals surface area contributed by atoms with Crippen LogP contribution in [-0.4, -0.2) is 42.4 Å². The average molecular weight is 405 g/mol. The summed E-state index contributed by atoms with van der Waals surface area (Å²) in [7, 11) is 0. The predicted molar refractivity (Wildman–Crippen MR) is 103 cm³/mol. The van der Waals surface area contributed by atoms with Crippen LogP contribution in [0.2, 0.25) is 0 Å². The van der Waals surface area contributed by atoms with Gasteiger partial charge in [0.25, 0.3) is 5.91 Å². The number of anilines is 1. The van der Waals surface area contributed by atoms with Gasteiger partial charge < -0.3 is 10.6 Å². The molecule has 1 heterocycles. The molecule has 0 bridgehead atoms. The molecule has 1 saturated heterocycles. The van der Waals surface area contributed by atoms with Crippen molar-refractivity contribution in [3.05, 3.63) is 65.7 Å². The van der Waals surface area contributed by atoms with Gasteiger partial charge in [-0.05, 0) is 37.1 Å². The number of nitrogens with zero attached hydrogens (tertiary/aromatic N) is 1. The van der Waals surface area contributed by atoms with E-state index in [4.69, 9.17) is 0 Å². The quantitative estimate of drug-likeness (QED) is 0.800. The van der Waals surface area contributed by atoms with Gasteiger partial charge in [0.2, 0.25) is 5.91 Å². The number of halogens is 3. The summed E-state index contributed by atoms with van der Waals surface area (Å²) < 4.78 is 39.1. The number of rotatable bonds is 5. The molecule has 2 aromatic carbocycles. The maximum atomic E-state index is 13.0. The summed E-state index contributed by atoms with van der Waals surface area (Å²) in [6.45, 7) is 1.16. The number of para-hydroxylation sites is 1. The van der Waals surface area contributed by atoms with Gasteiger partial charge in [0, 0.05) is 24.7 Å². The lowest BCUT2D eigenvalue weighted by molar-refractivity contribution is -0.137. The van der Waals surface area contributed by atoms with E-state index in [9.17, 15) is 22.8 Å². The van der Waals surface area contributed by atoms with E-state index < -0.39 is 17.6 Å². The Labute approximate surface area is 166 Å². The number of hydrogen-bond acceptors (Lipinski definition) is 3. The molecule has 8 heteroatoms. The number of likely N-dealkylation sites (tertiary alicyclic amines) is 1. The highest BCUT2D eigenvalue weighted by Crippen LogP contribution is 2.34. The molecule has 29 heavy (non-hydrogen) atoms. The van der Waals surface area contributed by atoms with Crippen molar-refractivity contribution in [3.63, 3.8) is 0 Å². The molecule has 0 atom stereocenters. The van der Waals surface area contributed by atoms with Gasteiger partial charge in [-0.15, -0.1) is 0 Å². The fraction of sp³-hybridized carbons (Fsp3) is 0.333. The van der Waals surface area contributed by atoms with Gasteiger partial charge in [-0.2, -0.15) is 13.2 Å². The van der Waals surface area contributed by atoms with Crippen LogP contribution < -0.4 is 10.6 Å². The number of hydrogen-bond donors (Lipinski definition) is 2. The van der Waals surface area contributed by atoms with E-state index in [1.807, 2.05) is 11.0 Å². The summed E-state index contributed by atoms with van der Waals surface area (Å²) in [4.78, 5) is 26.3. The van der Waals surface area contributed by atoms with E-state index in [0.717, 1.165) is 6.07 Å². The third-order valence-corrected chi connectivity index (χ3v) is 4.83. The SMILES string of the molecule is O=C(CN1CCC(NC(=O)c2ccccc2)CC1)Nc1ccccc1C(F)(F)F. The minimum atomic E-state index is -4.53. The Hall–Kier alpha value is -2.87. The molecule has 0 unspecified atom stereocenters. The van der Waals surface area contributed by atoms with Crippen LogP contribution in [0.15, 0.2) is 54.6 Å². The van der Waals surface area contributed by atoms with Crippen LogP contribution >= 0.6 is 0 Å². The van der Waals surface area contributed by atoms with Crippen molar-refractivity contribution in [2.45, 2.75) is 25.1 Å². The zero-order valence-electron chi connectivity index (χ0n) is 15.7. The highest BCUT2D eigenvalue weighted by molar-refractivity contribution is 5.94. The smallest absolute Gasteiger partial charge is 0.349 e. The molecule has 1 aliphatic rings. The van der Waals surface area contributed by atoms with Crippen LogP contribution in [0.3, 0.4) is 0 Å². The molecule has 3 rings (SSSR count). The van der Waals surface area contributed by atoms with Crippen molar-refractivity contribution in [3.8, 4) is 0 Å². The molecule has 2 amide bonds. The standard InChI is InChI=1S/C21H22F3N3O2/c22-21(23,24)17-8-4-5-9-18(17)26-19(28)14-27-12-10-16(11-13-27)25-20(29)15-6-2-1-3-7-15/h1-9,16H,10-14H2,(H,25,29)(H,26,28). The van der Waals surface area contributed by atoms with Crippen LogP contribution in [0, 0.1) is 0 Å². The highest BCUT2D eigenvalue weighted by atomic mass is 19.4. The summed E-state index contributed by atoms with van der Waals surface area (Å²) in [5.41, 5.74) is -0.511. The van der Waals surface area contributed by atoms with Gasteiger partial charge in [0.1, 0.15) is 0 Å². The normalized spacial score (nSPS) is 15.7. The molecule has 0 radical (unpaired) electrons. The molecule has 154 valence electrons. The Morgan fingerprint density at radius 3 is 2.24 bits per heavy atom. The van der Waals surface area contributed by atoms with E-state index in [2.05, 4.69) is 10.6 Å². The number of carbonyl (C=O) groups is 2. The number of carbonyl (C=O) groups excluding carboxylic acids is 2. The molecular formula is C21H22F3N3O2. The number of amides is 2. The first-order valence-corrected chi connectivity index (χ1v) is 9.37. The molecule has 1 fully saturated rings. The molecule has 0 spiro atoms. The monoisotopic (exact) mass is 405 g/mol. The van der Waals surface area contributed by atoms with E-state index in [1.165, 1.54) is 18.2 Å². The fourth-order valence-corrected chi connectivity index (χ4v) is 3.33. The Morgan fingerprint density at radius 1 is 0.966 bits per heavy atom. The van der Waals surface area contributed by atoms with Gasteiger partial charge in [-0.1, -0.05) is 30.3 Å². The number of alkyl halides is 3. The molecule has 2 N–H and O–H groups in total. The van der Waals surface area contributed by atoms with Crippen LogP contribution in [0.1, 0.15) is 28.8 Å². The first-order valence-electron chi connectivity index (χ1n) is 9.37. The maximum Gasteiger partial charge on any atom is 0.418 e. The molecule has 0 aliphatic carbocycles. The Kier molecular flexibility index (Phi) is 6.53. The van der Waals surface area contributed by atoms with Crippen molar-refractivity contribution in [2.75, 3.05) is 25.0 Å². The van der Waals surface area contributed by atoms with Crippen molar-refractivity contribution >= 4 is 17.5 Å². The minimum Gasteiger partial charge on any atom is -0.349 e. The van der Waals surface area contributed by atoms with Gasteiger partial charge in [0.05, 0.1) is 17.8 Å². The maximum absolute atomic E-state index is 13.0. The van der Waals surface area contributed by atoms with Crippen molar-refractivity contribution in [1.29, 1.82) is 0 Å². The second kappa shape index (κ2) is 9.09. The lowest BCUT2D eigenvalue weighted by Crippen LogP contribution is -2.46. The van der Waals surface area contributed by atoms with Gasteiger partial charge in [-0.25, -0.2) is 0 Å². The third kappa shape index (κ3) is 5.80. The first kappa shape index (κ1) is 20.9. The summed E-state index contributed by atoms with van der Waals surface area (Å²) in [6.07, 6.45) is -3.19. The zero-order chi connectivity index (χ0) is 20.9. The van der Waals surface area contributed by atoms with Gasteiger partial charge >= 0.3 is 6.18 Å². The molecule has 0 aromatic heterocycles. The highest BCUT2D eigenvalue weighted by Gasteiger charge is 2.33. The second-order valence-electron chi connectivity index (χ2n) is 6.98. The molecule has 2 aromatic rings. The minimum absolute atomic E-state index is 0.00550. The summed E-state index contributed by atoms with van der Waals surface area (Å²) >= 11 is 0. The zero-order valence-corrected chi connectivity index (χ0v) is 15.7. The Morgan fingerprint density at radius 2 is 1.59 bits per heavy atom. The predicted octanol–water partition coefficient (Wildman–Crippen LogP) is 3.54. The van der Waals surface area contributed by atoms with Gasteiger partial charge in [-0.3, -0.25) is 14.5 Å². The summed E-state index contributed by atoms with van der Waals surface area (Å²) in [6, 6.07) is 13.9.